The number of carboxylic acids is 2. The smallest absolute Gasteiger partial charge is 0.414 e. The van der Waals surface area contributed by atoms with Crippen LogP contribution in [-0.2, 0) is 20.9 Å². The van der Waals surface area contributed by atoms with Crippen molar-refractivity contribution in [1.29, 1.82) is 0 Å². The molecule has 9 heteroatoms. The zero-order chi connectivity index (χ0) is 22.2. The molecule has 29 heavy (non-hydrogen) atoms. The van der Waals surface area contributed by atoms with Crippen molar-refractivity contribution in [2.45, 2.75) is 45.7 Å². The van der Waals surface area contributed by atoms with Gasteiger partial charge in [-0.2, -0.15) is 0 Å². The summed E-state index contributed by atoms with van der Waals surface area (Å²) in [5, 5.41) is 28.0. The van der Waals surface area contributed by atoms with E-state index in [2.05, 4.69) is 10.2 Å². The van der Waals surface area contributed by atoms with E-state index < -0.39 is 11.9 Å². The van der Waals surface area contributed by atoms with Crippen molar-refractivity contribution in [3.8, 4) is 11.5 Å². The quantitative estimate of drug-likeness (QED) is 0.551. The molecule has 1 fully saturated rings. The van der Waals surface area contributed by atoms with Gasteiger partial charge in [0.25, 0.3) is 0 Å². The van der Waals surface area contributed by atoms with Crippen molar-refractivity contribution >= 4 is 17.8 Å². The van der Waals surface area contributed by atoms with Gasteiger partial charge in [0, 0.05) is 23.6 Å². The topological polar surface area (TPSA) is 136 Å². The standard InChI is InChI=1S/C18H28N2O3.C2H2O4/c1-18(2,3)19-17(22)13-8-10-20(11-9-13)12-14-6-5-7-15(23-4)16(14)21;3-1(4)2(5)6/h5-7,13,21H,8-12H2,1-4H3,(H,19,22);(H,3,4)(H,5,6). The molecule has 0 aromatic heterocycles. The van der Waals surface area contributed by atoms with Crippen LogP contribution < -0.4 is 10.1 Å². The minimum Gasteiger partial charge on any atom is -0.504 e. The number of hydrogen-bond donors (Lipinski definition) is 4. The Morgan fingerprint density at radius 2 is 1.69 bits per heavy atom. The molecule has 2 rings (SSSR count). The number of hydrogen-bond acceptors (Lipinski definition) is 6. The number of para-hydroxylation sites is 1. The van der Waals surface area contributed by atoms with Crippen LogP contribution in [0.2, 0.25) is 0 Å². The molecule has 1 aromatic rings. The molecule has 9 nitrogen and oxygen atoms in total. The molecule has 4 N–H and O–H groups in total. The number of nitrogens with one attached hydrogen (secondary N) is 1. The van der Waals surface area contributed by atoms with Crippen molar-refractivity contribution in [2.24, 2.45) is 5.92 Å². The van der Waals surface area contributed by atoms with Gasteiger partial charge >= 0.3 is 11.9 Å². The van der Waals surface area contributed by atoms with Crippen LogP contribution in [0, 0.1) is 5.92 Å². The number of carbonyl (C=O) groups is 3. The van der Waals surface area contributed by atoms with E-state index in [0.29, 0.717) is 12.3 Å². The summed E-state index contributed by atoms with van der Waals surface area (Å²) in [6, 6.07) is 5.55. The van der Waals surface area contributed by atoms with Gasteiger partial charge in [0.15, 0.2) is 11.5 Å². The van der Waals surface area contributed by atoms with Crippen LogP contribution in [0.3, 0.4) is 0 Å². The molecular weight excluding hydrogens is 380 g/mol. The molecule has 0 spiro atoms. The van der Waals surface area contributed by atoms with E-state index in [9.17, 15) is 9.90 Å². The number of methoxy groups -OCH3 is 1. The van der Waals surface area contributed by atoms with Crippen LogP contribution in [0.15, 0.2) is 18.2 Å². The number of carbonyl (C=O) groups excluding carboxylic acids is 1. The molecule has 1 saturated heterocycles. The number of nitrogens with zero attached hydrogens (tertiary/aromatic N) is 1. The largest absolute Gasteiger partial charge is 0.504 e. The maximum Gasteiger partial charge on any atom is 0.414 e. The summed E-state index contributed by atoms with van der Waals surface area (Å²) in [5.74, 6) is -2.69. The first-order valence-electron chi connectivity index (χ1n) is 9.30. The highest BCUT2D eigenvalue weighted by Crippen LogP contribution is 2.31. The Morgan fingerprint density at radius 1 is 1.14 bits per heavy atom. The van der Waals surface area contributed by atoms with Crippen LogP contribution in [-0.4, -0.2) is 63.8 Å². The number of aliphatic carboxylic acids is 2. The Hall–Kier alpha value is -2.81. The van der Waals surface area contributed by atoms with E-state index in [0.717, 1.165) is 31.5 Å². The van der Waals surface area contributed by atoms with E-state index in [-0.39, 0.29) is 23.1 Å². The second-order valence-corrected chi connectivity index (χ2v) is 7.87. The molecule has 0 atom stereocenters. The van der Waals surface area contributed by atoms with Crippen molar-refractivity contribution in [1.82, 2.24) is 10.2 Å². The summed E-state index contributed by atoms with van der Waals surface area (Å²) in [4.78, 5) is 32.7. The third-order valence-corrected chi connectivity index (χ3v) is 4.34. The number of piperidine rings is 1. The van der Waals surface area contributed by atoms with Gasteiger partial charge in [-0.3, -0.25) is 9.69 Å². The van der Waals surface area contributed by atoms with Gasteiger partial charge in [-0.1, -0.05) is 12.1 Å². The highest BCUT2D eigenvalue weighted by molar-refractivity contribution is 6.27. The number of phenols is 1. The lowest BCUT2D eigenvalue weighted by Gasteiger charge is -2.33. The Morgan fingerprint density at radius 3 is 2.14 bits per heavy atom. The van der Waals surface area contributed by atoms with Crippen molar-refractivity contribution in [2.75, 3.05) is 20.2 Å². The fraction of sp³-hybridized carbons (Fsp3) is 0.550. The summed E-state index contributed by atoms with van der Waals surface area (Å²) in [6.07, 6.45) is 1.71. The first kappa shape index (κ1) is 24.2. The summed E-state index contributed by atoms with van der Waals surface area (Å²) in [7, 11) is 1.55. The van der Waals surface area contributed by atoms with E-state index in [4.69, 9.17) is 24.5 Å². The first-order valence-corrected chi connectivity index (χ1v) is 9.30. The molecule has 1 heterocycles. The Labute approximate surface area is 170 Å². The lowest BCUT2D eigenvalue weighted by atomic mass is 9.94. The molecular formula is C20H30N2O7. The van der Waals surface area contributed by atoms with Gasteiger partial charge in [0.2, 0.25) is 5.91 Å². The minimum atomic E-state index is -1.82. The average molecular weight is 410 g/mol. The molecule has 0 radical (unpaired) electrons. The Kier molecular flexibility index (Phi) is 8.90. The molecule has 0 aliphatic carbocycles. The zero-order valence-corrected chi connectivity index (χ0v) is 17.3. The number of carboxylic acid groups (broad SMARTS) is 2. The predicted octanol–water partition coefficient (Wildman–Crippen LogP) is 1.68. The van der Waals surface area contributed by atoms with Gasteiger partial charge in [0.05, 0.1) is 7.11 Å². The zero-order valence-electron chi connectivity index (χ0n) is 17.3. The van der Waals surface area contributed by atoms with Gasteiger partial charge in [-0.15, -0.1) is 0 Å². The predicted molar refractivity (Wildman–Crippen MR) is 106 cm³/mol. The SMILES string of the molecule is COc1cccc(CN2CCC(C(=O)NC(C)(C)C)CC2)c1O.O=C(O)C(=O)O. The Balaban J connectivity index is 0.000000612. The van der Waals surface area contributed by atoms with E-state index in [1.165, 1.54) is 0 Å². The van der Waals surface area contributed by atoms with Crippen LogP contribution in [0.1, 0.15) is 39.2 Å². The van der Waals surface area contributed by atoms with E-state index in [1.54, 1.807) is 13.2 Å². The molecule has 162 valence electrons. The molecule has 1 amide bonds. The number of phenolic OH excluding ortho intramolecular Hbond substituents is 1. The third-order valence-electron chi connectivity index (χ3n) is 4.34. The Bertz CT molecular complexity index is 708. The maximum absolute atomic E-state index is 12.2. The second-order valence-electron chi connectivity index (χ2n) is 7.87. The molecule has 1 aliphatic rings. The monoisotopic (exact) mass is 410 g/mol. The number of ether oxygens (including phenoxy) is 1. The van der Waals surface area contributed by atoms with Gasteiger partial charge in [-0.05, 0) is 52.8 Å². The molecule has 1 aromatic carbocycles. The highest BCUT2D eigenvalue weighted by Gasteiger charge is 2.27. The fourth-order valence-corrected chi connectivity index (χ4v) is 2.93. The summed E-state index contributed by atoms with van der Waals surface area (Å²) in [6.45, 7) is 8.41. The van der Waals surface area contributed by atoms with Crippen LogP contribution in [0.5, 0.6) is 11.5 Å². The van der Waals surface area contributed by atoms with Crippen LogP contribution in [0.25, 0.3) is 0 Å². The summed E-state index contributed by atoms with van der Waals surface area (Å²) in [5.41, 5.74) is 0.683. The number of amides is 1. The minimum absolute atomic E-state index is 0.0874. The van der Waals surface area contributed by atoms with Gasteiger partial charge in [-0.25, -0.2) is 9.59 Å². The third kappa shape index (κ3) is 8.39. The van der Waals surface area contributed by atoms with E-state index >= 15 is 0 Å². The van der Waals surface area contributed by atoms with Crippen LogP contribution in [0.4, 0.5) is 0 Å². The normalized spacial score (nSPS) is 15.0. The van der Waals surface area contributed by atoms with Crippen LogP contribution >= 0.6 is 0 Å². The number of rotatable bonds is 4. The van der Waals surface area contributed by atoms with Crippen molar-refractivity contribution < 1.29 is 34.4 Å². The second kappa shape index (κ2) is 10.7. The maximum atomic E-state index is 12.2. The van der Waals surface area contributed by atoms with Crippen molar-refractivity contribution in [3.63, 3.8) is 0 Å². The first-order chi connectivity index (χ1) is 13.4. The lowest BCUT2D eigenvalue weighted by Crippen LogP contribution is -2.46. The molecule has 0 saturated carbocycles. The highest BCUT2D eigenvalue weighted by atomic mass is 16.5. The number of likely N-dealkylation sites (tertiary alicyclic amines) is 1. The summed E-state index contributed by atoms with van der Waals surface area (Å²) < 4.78 is 5.15. The van der Waals surface area contributed by atoms with Gasteiger partial charge in [0.1, 0.15) is 0 Å². The lowest BCUT2D eigenvalue weighted by molar-refractivity contribution is -0.159. The fourth-order valence-electron chi connectivity index (χ4n) is 2.93. The molecule has 1 aliphatic heterocycles. The summed E-state index contributed by atoms with van der Waals surface area (Å²) >= 11 is 0. The van der Waals surface area contributed by atoms with Gasteiger partial charge < -0.3 is 25.4 Å². The van der Waals surface area contributed by atoms with Crippen molar-refractivity contribution in [3.05, 3.63) is 23.8 Å². The molecule has 0 bridgehead atoms. The number of benzene rings is 1. The average Bonchev–Trinajstić information content (AvgIpc) is 2.63. The van der Waals surface area contributed by atoms with E-state index in [1.807, 2.05) is 32.9 Å². The molecule has 0 unspecified atom stereocenters. The number of aromatic hydroxyl groups is 1.